The van der Waals surface area contributed by atoms with Crippen molar-refractivity contribution in [3.63, 3.8) is 0 Å². The topological polar surface area (TPSA) is 47.4 Å². The third kappa shape index (κ3) is 6.12. The number of allylic oxidation sites excluding steroid dienone is 3. The third-order valence-electron chi connectivity index (χ3n) is 10.8. The standard InChI is InChI=1S/C51H39N3O/c1-33(15-14-28-52-4)50-53-46(36-17-6-5-7-18-36)32-47(54-50)37-27-26-35-25-24-34-16-8-9-19-38(34)40-21-11-13-23-48(40)55-49-31-45-42(30-43(49)41(35)29-37)39-20-10-12-22-44(39)51(45,2)3/h5-32H,4H2,1-3H3/b25-24-,28-14-,33-15+. The van der Waals surface area contributed by atoms with Crippen molar-refractivity contribution in [2.75, 3.05) is 0 Å². The van der Waals surface area contributed by atoms with E-state index in [0.717, 1.165) is 73.0 Å². The molecule has 55 heavy (non-hydrogen) atoms. The average molecular weight is 710 g/mol. The molecule has 0 bridgehead atoms. The van der Waals surface area contributed by atoms with E-state index < -0.39 is 0 Å². The van der Waals surface area contributed by atoms with Gasteiger partial charge < -0.3 is 4.74 Å². The maximum absolute atomic E-state index is 7.15. The Morgan fingerprint density at radius 1 is 0.582 bits per heavy atom. The summed E-state index contributed by atoms with van der Waals surface area (Å²) in [5, 5.41) is 0. The van der Waals surface area contributed by atoms with Crippen molar-refractivity contribution in [2.24, 2.45) is 4.99 Å². The SMILES string of the molecule is C=N/C=C\C=C(/C)c1nc(-c2ccccc2)cc(-c2ccc3c(c2)-c2cc4c(cc2Oc2ccccc2-c2ccccc2/C=C\3)C(C)(C)c2ccccc2-4)n1. The second-order valence-corrected chi connectivity index (χ2v) is 14.6. The quantitative estimate of drug-likeness (QED) is 0.132. The number of para-hydroxylation sites is 1. The van der Waals surface area contributed by atoms with Gasteiger partial charge in [0.2, 0.25) is 0 Å². The highest BCUT2D eigenvalue weighted by atomic mass is 16.5. The van der Waals surface area contributed by atoms with E-state index in [1.807, 2.05) is 43.3 Å². The maximum atomic E-state index is 7.15. The van der Waals surface area contributed by atoms with Crippen LogP contribution in [0.15, 0.2) is 163 Å². The Labute approximate surface area is 322 Å². The number of aliphatic imine (C=N–C) groups is 1. The summed E-state index contributed by atoms with van der Waals surface area (Å²) in [6.45, 7) is 10.2. The van der Waals surface area contributed by atoms with Crippen LogP contribution in [0.2, 0.25) is 0 Å². The lowest BCUT2D eigenvalue weighted by Gasteiger charge is -2.23. The van der Waals surface area contributed by atoms with Gasteiger partial charge in [-0.2, -0.15) is 0 Å². The Balaban J connectivity index is 1.31. The number of benzene rings is 6. The molecule has 0 radical (unpaired) electrons. The van der Waals surface area contributed by atoms with Crippen LogP contribution in [-0.4, -0.2) is 16.7 Å². The zero-order valence-corrected chi connectivity index (χ0v) is 31.1. The van der Waals surface area contributed by atoms with E-state index >= 15 is 0 Å². The Bertz CT molecular complexity index is 2730. The van der Waals surface area contributed by atoms with E-state index in [0.29, 0.717) is 5.82 Å². The fraction of sp³-hybridized carbons (Fsp3) is 0.0784. The highest BCUT2D eigenvalue weighted by Crippen LogP contribution is 2.53. The number of rotatable bonds is 5. The summed E-state index contributed by atoms with van der Waals surface area (Å²) in [5.41, 5.74) is 15.9. The van der Waals surface area contributed by atoms with Crippen molar-refractivity contribution < 1.29 is 4.74 Å². The number of ether oxygens (including phenoxy) is 1. The van der Waals surface area contributed by atoms with E-state index in [9.17, 15) is 0 Å². The number of hydrogen-bond donors (Lipinski definition) is 0. The number of aromatic nitrogens is 2. The number of hydrogen-bond acceptors (Lipinski definition) is 4. The second-order valence-electron chi connectivity index (χ2n) is 14.6. The molecule has 0 amide bonds. The minimum absolute atomic E-state index is 0.194. The van der Waals surface area contributed by atoms with Crippen LogP contribution < -0.4 is 4.74 Å². The molecule has 7 aromatic rings. The first-order valence-electron chi connectivity index (χ1n) is 18.6. The molecule has 1 aliphatic heterocycles. The zero-order chi connectivity index (χ0) is 37.5. The predicted molar refractivity (Wildman–Crippen MR) is 229 cm³/mol. The molecule has 9 rings (SSSR count). The second kappa shape index (κ2) is 13.8. The molecule has 2 heterocycles. The van der Waals surface area contributed by atoms with Gasteiger partial charge in [-0.3, -0.25) is 4.99 Å². The Morgan fingerprint density at radius 2 is 1.25 bits per heavy atom. The summed E-state index contributed by atoms with van der Waals surface area (Å²) in [6.07, 6.45) is 9.93. The molecular formula is C51H39N3O. The van der Waals surface area contributed by atoms with Gasteiger partial charge in [-0.1, -0.05) is 141 Å². The largest absolute Gasteiger partial charge is 0.456 e. The van der Waals surface area contributed by atoms with E-state index in [-0.39, 0.29) is 5.41 Å². The first-order chi connectivity index (χ1) is 26.9. The van der Waals surface area contributed by atoms with Gasteiger partial charge in [-0.15, -0.1) is 0 Å². The van der Waals surface area contributed by atoms with E-state index in [2.05, 4.69) is 153 Å². The van der Waals surface area contributed by atoms with Crippen molar-refractivity contribution in [1.82, 2.24) is 9.97 Å². The van der Waals surface area contributed by atoms with Crippen LogP contribution in [-0.2, 0) is 5.41 Å². The van der Waals surface area contributed by atoms with E-state index in [1.54, 1.807) is 6.20 Å². The smallest absolute Gasteiger partial charge is 0.156 e. The lowest BCUT2D eigenvalue weighted by Crippen LogP contribution is -2.15. The van der Waals surface area contributed by atoms with Crippen LogP contribution >= 0.6 is 0 Å². The van der Waals surface area contributed by atoms with Gasteiger partial charge in [0, 0.05) is 33.9 Å². The van der Waals surface area contributed by atoms with Crippen molar-refractivity contribution in [3.05, 3.63) is 186 Å². The summed E-state index contributed by atoms with van der Waals surface area (Å²) >= 11 is 0. The highest BCUT2D eigenvalue weighted by Gasteiger charge is 2.36. The van der Waals surface area contributed by atoms with Gasteiger partial charge in [0.15, 0.2) is 5.82 Å². The Hall–Kier alpha value is -6.91. The first-order valence-corrected chi connectivity index (χ1v) is 18.6. The minimum Gasteiger partial charge on any atom is -0.456 e. The summed E-state index contributed by atoms with van der Waals surface area (Å²) < 4.78 is 7.15. The van der Waals surface area contributed by atoms with Crippen molar-refractivity contribution in [2.45, 2.75) is 26.2 Å². The monoisotopic (exact) mass is 709 g/mol. The molecule has 0 atom stereocenters. The van der Waals surface area contributed by atoms with Crippen LogP contribution in [0.5, 0.6) is 11.5 Å². The summed E-state index contributed by atoms with van der Waals surface area (Å²) in [4.78, 5) is 14.0. The molecule has 2 aliphatic rings. The first kappa shape index (κ1) is 33.9. The Kier molecular flexibility index (Phi) is 8.51. The zero-order valence-electron chi connectivity index (χ0n) is 31.1. The fourth-order valence-corrected chi connectivity index (χ4v) is 7.93. The van der Waals surface area contributed by atoms with Gasteiger partial charge in [-0.25, -0.2) is 9.97 Å². The molecule has 0 fully saturated rings. The predicted octanol–water partition coefficient (Wildman–Crippen LogP) is 13.3. The molecule has 0 spiro atoms. The highest BCUT2D eigenvalue weighted by molar-refractivity contribution is 5.94. The average Bonchev–Trinajstić information content (AvgIpc) is 3.44. The molecule has 0 unspecified atom stereocenters. The molecule has 4 nitrogen and oxygen atoms in total. The third-order valence-corrected chi connectivity index (χ3v) is 10.8. The summed E-state index contributed by atoms with van der Waals surface area (Å²) in [5.74, 6) is 2.27. The van der Waals surface area contributed by atoms with Gasteiger partial charge in [0.05, 0.1) is 11.4 Å². The van der Waals surface area contributed by atoms with Crippen LogP contribution in [0.4, 0.5) is 0 Å². The molecular weight excluding hydrogens is 671 g/mol. The molecule has 264 valence electrons. The summed E-state index contributed by atoms with van der Waals surface area (Å²) in [6, 6.07) is 49.2. The van der Waals surface area contributed by atoms with Crippen LogP contribution in [0.25, 0.3) is 73.6 Å². The van der Waals surface area contributed by atoms with Gasteiger partial charge in [0.1, 0.15) is 11.5 Å². The Morgan fingerprint density at radius 3 is 2.05 bits per heavy atom. The van der Waals surface area contributed by atoms with Gasteiger partial charge in [0.25, 0.3) is 0 Å². The fourth-order valence-electron chi connectivity index (χ4n) is 7.93. The van der Waals surface area contributed by atoms with Crippen molar-refractivity contribution in [1.29, 1.82) is 0 Å². The molecule has 6 aromatic carbocycles. The minimum atomic E-state index is -0.194. The van der Waals surface area contributed by atoms with Gasteiger partial charge in [-0.05, 0) is 100 Å². The van der Waals surface area contributed by atoms with Crippen molar-refractivity contribution >= 4 is 24.4 Å². The van der Waals surface area contributed by atoms with Gasteiger partial charge >= 0.3 is 0 Å². The lowest BCUT2D eigenvalue weighted by molar-refractivity contribution is 0.484. The van der Waals surface area contributed by atoms with E-state index in [1.165, 1.54) is 22.3 Å². The molecule has 1 aliphatic carbocycles. The normalized spacial score (nSPS) is 14.3. The van der Waals surface area contributed by atoms with Crippen LogP contribution in [0, 0.1) is 0 Å². The summed E-state index contributed by atoms with van der Waals surface area (Å²) in [7, 11) is 0. The number of nitrogens with zero attached hydrogens (tertiary/aromatic N) is 3. The maximum Gasteiger partial charge on any atom is 0.156 e. The van der Waals surface area contributed by atoms with Crippen LogP contribution in [0.3, 0.4) is 0 Å². The van der Waals surface area contributed by atoms with E-state index in [4.69, 9.17) is 14.7 Å². The molecule has 0 saturated carbocycles. The molecule has 1 aromatic heterocycles. The lowest BCUT2D eigenvalue weighted by atomic mass is 9.81. The molecule has 4 heteroatoms. The van der Waals surface area contributed by atoms with Crippen LogP contribution in [0.1, 0.15) is 48.8 Å². The number of fused-ring (bicyclic) bond motifs is 9. The molecule has 0 N–H and O–H groups in total. The molecule has 0 saturated heterocycles. The van der Waals surface area contributed by atoms with Crippen molar-refractivity contribution in [3.8, 4) is 67.4 Å².